The summed E-state index contributed by atoms with van der Waals surface area (Å²) in [6, 6.07) is 1.84. The Labute approximate surface area is 108 Å². The quantitative estimate of drug-likeness (QED) is 0.834. The predicted octanol–water partition coefficient (Wildman–Crippen LogP) is 1.59. The van der Waals surface area contributed by atoms with Crippen LogP contribution in [0.2, 0.25) is 0 Å². The van der Waals surface area contributed by atoms with Crippen LogP contribution >= 0.6 is 0 Å². The van der Waals surface area contributed by atoms with Gasteiger partial charge in [0.15, 0.2) is 0 Å². The van der Waals surface area contributed by atoms with E-state index in [1.807, 2.05) is 26.8 Å². The molecule has 0 unspecified atom stereocenters. The molecule has 0 fully saturated rings. The Kier molecular flexibility index (Phi) is 4.67. The number of hydrogen-bond acceptors (Lipinski definition) is 4. The Morgan fingerprint density at radius 2 is 2.17 bits per heavy atom. The molecule has 0 saturated heterocycles. The Morgan fingerprint density at radius 1 is 1.50 bits per heavy atom. The molecule has 0 aliphatic carbocycles. The molecule has 0 saturated carbocycles. The second kappa shape index (κ2) is 5.82. The lowest BCUT2D eigenvalue weighted by atomic mass is 10.1. The molecular weight excluding hydrogens is 230 g/mol. The van der Waals surface area contributed by atoms with Gasteiger partial charge in [0.1, 0.15) is 0 Å². The average Bonchev–Trinajstić information content (AvgIpc) is 2.36. The van der Waals surface area contributed by atoms with Crippen LogP contribution in [0.5, 0.6) is 0 Å². The SMILES string of the molecule is CNc1cc(C)ncc1C(=O)NCC(C)(C)OC. The van der Waals surface area contributed by atoms with E-state index < -0.39 is 0 Å². The molecule has 0 aromatic carbocycles. The molecule has 1 aromatic rings. The zero-order valence-corrected chi connectivity index (χ0v) is 11.6. The van der Waals surface area contributed by atoms with Gasteiger partial charge in [0.05, 0.1) is 16.9 Å². The smallest absolute Gasteiger partial charge is 0.255 e. The normalized spacial score (nSPS) is 11.2. The van der Waals surface area contributed by atoms with Gasteiger partial charge in [-0.15, -0.1) is 0 Å². The monoisotopic (exact) mass is 251 g/mol. The van der Waals surface area contributed by atoms with E-state index >= 15 is 0 Å². The third kappa shape index (κ3) is 3.70. The van der Waals surface area contributed by atoms with Gasteiger partial charge in [-0.25, -0.2) is 0 Å². The Bertz CT molecular complexity index is 430. The molecule has 0 spiro atoms. The van der Waals surface area contributed by atoms with Crippen molar-refractivity contribution in [1.82, 2.24) is 10.3 Å². The number of carbonyl (C=O) groups is 1. The molecule has 2 N–H and O–H groups in total. The summed E-state index contributed by atoms with van der Waals surface area (Å²) in [5.41, 5.74) is 1.80. The van der Waals surface area contributed by atoms with Crippen LogP contribution in [-0.2, 0) is 4.74 Å². The van der Waals surface area contributed by atoms with Gasteiger partial charge in [0.2, 0.25) is 0 Å². The molecule has 5 nitrogen and oxygen atoms in total. The molecule has 0 atom stereocenters. The average molecular weight is 251 g/mol. The van der Waals surface area contributed by atoms with Crippen LogP contribution in [0.1, 0.15) is 29.9 Å². The molecule has 0 radical (unpaired) electrons. The summed E-state index contributed by atoms with van der Waals surface area (Å²) in [5.74, 6) is -0.156. The molecule has 18 heavy (non-hydrogen) atoms. The number of carbonyl (C=O) groups excluding carboxylic acids is 1. The minimum absolute atomic E-state index is 0.156. The predicted molar refractivity (Wildman–Crippen MR) is 71.9 cm³/mol. The third-order valence-corrected chi connectivity index (χ3v) is 2.78. The van der Waals surface area contributed by atoms with E-state index in [4.69, 9.17) is 4.74 Å². The van der Waals surface area contributed by atoms with Crippen molar-refractivity contribution in [1.29, 1.82) is 0 Å². The van der Waals surface area contributed by atoms with Crippen LogP contribution in [0, 0.1) is 6.92 Å². The van der Waals surface area contributed by atoms with E-state index in [0.29, 0.717) is 12.1 Å². The number of amides is 1. The number of nitrogens with one attached hydrogen (secondary N) is 2. The number of methoxy groups -OCH3 is 1. The first-order valence-electron chi connectivity index (χ1n) is 5.87. The van der Waals surface area contributed by atoms with E-state index in [0.717, 1.165) is 11.4 Å². The summed E-state index contributed by atoms with van der Waals surface area (Å²) in [5, 5.41) is 5.84. The Hall–Kier alpha value is -1.62. The lowest BCUT2D eigenvalue weighted by Gasteiger charge is -2.23. The fourth-order valence-corrected chi connectivity index (χ4v) is 1.41. The molecular formula is C13H21N3O2. The minimum Gasteiger partial charge on any atom is -0.387 e. The number of anilines is 1. The zero-order valence-electron chi connectivity index (χ0n) is 11.6. The molecule has 0 aliphatic rings. The molecule has 0 aliphatic heterocycles. The number of ether oxygens (including phenoxy) is 1. The number of pyridine rings is 1. The lowest BCUT2D eigenvalue weighted by molar-refractivity contribution is 0.0229. The van der Waals surface area contributed by atoms with Crippen molar-refractivity contribution < 1.29 is 9.53 Å². The van der Waals surface area contributed by atoms with Crippen molar-refractivity contribution in [2.45, 2.75) is 26.4 Å². The summed E-state index contributed by atoms with van der Waals surface area (Å²) in [6.45, 7) is 6.16. The summed E-state index contributed by atoms with van der Waals surface area (Å²) in [6.07, 6.45) is 1.58. The highest BCUT2D eigenvalue weighted by atomic mass is 16.5. The van der Waals surface area contributed by atoms with Gasteiger partial charge in [0, 0.05) is 32.6 Å². The standard InChI is InChI=1S/C13H21N3O2/c1-9-6-11(14-4)10(7-15-9)12(17)16-8-13(2,3)18-5/h6-7H,8H2,1-5H3,(H,14,15)(H,16,17). The van der Waals surface area contributed by atoms with Gasteiger partial charge in [-0.1, -0.05) is 0 Å². The maximum atomic E-state index is 12.1. The molecule has 5 heteroatoms. The molecule has 1 rings (SSSR count). The van der Waals surface area contributed by atoms with Gasteiger partial charge in [-0.2, -0.15) is 0 Å². The summed E-state index contributed by atoms with van der Waals surface area (Å²) in [7, 11) is 3.41. The van der Waals surface area contributed by atoms with Crippen molar-refractivity contribution >= 4 is 11.6 Å². The van der Waals surface area contributed by atoms with Crippen molar-refractivity contribution in [3.8, 4) is 0 Å². The van der Waals surface area contributed by atoms with Crippen LogP contribution in [-0.4, -0.2) is 37.2 Å². The number of rotatable bonds is 5. The topological polar surface area (TPSA) is 63.2 Å². The fourth-order valence-electron chi connectivity index (χ4n) is 1.41. The third-order valence-electron chi connectivity index (χ3n) is 2.78. The first-order chi connectivity index (χ1) is 8.39. The van der Waals surface area contributed by atoms with Crippen LogP contribution in [0.15, 0.2) is 12.3 Å². The van der Waals surface area contributed by atoms with Crippen molar-refractivity contribution in [3.05, 3.63) is 23.5 Å². The largest absolute Gasteiger partial charge is 0.387 e. The summed E-state index contributed by atoms with van der Waals surface area (Å²) in [4.78, 5) is 16.2. The second-order valence-electron chi connectivity index (χ2n) is 4.77. The van der Waals surface area contributed by atoms with Gasteiger partial charge < -0.3 is 15.4 Å². The number of aromatic nitrogens is 1. The van der Waals surface area contributed by atoms with Crippen molar-refractivity contribution in [2.24, 2.45) is 0 Å². The van der Waals surface area contributed by atoms with E-state index in [1.54, 1.807) is 20.4 Å². The maximum Gasteiger partial charge on any atom is 0.255 e. The molecule has 0 bridgehead atoms. The number of nitrogens with zero attached hydrogens (tertiary/aromatic N) is 1. The van der Waals surface area contributed by atoms with E-state index in [2.05, 4.69) is 15.6 Å². The molecule has 1 amide bonds. The minimum atomic E-state index is -0.381. The van der Waals surface area contributed by atoms with Gasteiger partial charge in [0.25, 0.3) is 5.91 Å². The van der Waals surface area contributed by atoms with Crippen LogP contribution in [0.25, 0.3) is 0 Å². The maximum absolute atomic E-state index is 12.1. The summed E-state index contributed by atoms with van der Waals surface area (Å²) >= 11 is 0. The fraction of sp³-hybridized carbons (Fsp3) is 0.538. The molecule has 1 aromatic heterocycles. The van der Waals surface area contributed by atoms with Crippen LogP contribution in [0.4, 0.5) is 5.69 Å². The second-order valence-corrected chi connectivity index (χ2v) is 4.77. The zero-order chi connectivity index (χ0) is 13.8. The van der Waals surface area contributed by atoms with E-state index in [1.165, 1.54) is 0 Å². The number of aryl methyl sites for hydroxylation is 1. The Morgan fingerprint density at radius 3 is 2.72 bits per heavy atom. The number of hydrogen-bond donors (Lipinski definition) is 2. The lowest BCUT2D eigenvalue weighted by Crippen LogP contribution is -2.39. The Balaban J connectivity index is 2.79. The first kappa shape index (κ1) is 14.4. The van der Waals surface area contributed by atoms with Gasteiger partial charge >= 0.3 is 0 Å². The van der Waals surface area contributed by atoms with Gasteiger partial charge in [-0.05, 0) is 26.8 Å². The highest BCUT2D eigenvalue weighted by Crippen LogP contribution is 2.15. The van der Waals surface area contributed by atoms with Crippen LogP contribution < -0.4 is 10.6 Å². The van der Waals surface area contributed by atoms with Crippen molar-refractivity contribution in [3.63, 3.8) is 0 Å². The highest BCUT2D eigenvalue weighted by Gasteiger charge is 2.19. The molecule has 1 heterocycles. The molecule has 100 valence electrons. The summed E-state index contributed by atoms with van der Waals surface area (Å²) < 4.78 is 5.25. The highest BCUT2D eigenvalue weighted by molar-refractivity contribution is 5.99. The van der Waals surface area contributed by atoms with Gasteiger partial charge in [-0.3, -0.25) is 9.78 Å². The van der Waals surface area contributed by atoms with Crippen LogP contribution in [0.3, 0.4) is 0 Å². The first-order valence-corrected chi connectivity index (χ1v) is 5.87. The van der Waals surface area contributed by atoms with E-state index in [9.17, 15) is 4.79 Å². The van der Waals surface area contributed by atoms with E-state index in [-0.39, 0.29) is 11.5 Å². The van der Waals surface area contributed by atoms with Crippen molar-refractivity contribution in [2.75, 3.05) is 26.0 Å².